The van der Waals surface area contributed by atoms with Gasteiger partial charge in [-0.15, -0.1) is 0 Å². The van der Waals surface area contributed by atoms with Crippen LogP contribution in [0.2, 0.25) is 0 Å². The number of amides is 2. The van der Waals surface area contributed by atoms with E-state index in [0.29, 0.717) is 6.54 Å². The average Bonchev–Trinajstić information content (AvgIpc) is 2.17. The standard InChI is InChI=1S/C10H19N3O2/c1-8(14)12(2)7-10(15)13-5-3-4-9(11)6-13/h9H,3-7,11H2,1-2H3. The van der Waals surface area contributed by atoms with Crippen molar-refractivity contribution in [1.82, 2.24) is 9.80 Å². The van der Waals surface area contributed by atoms with Crippen LogP contribution >= 0.6 is 0 Å². The first-order valence-electron chi connectivity index (χ1n) is 5.25. The molecule has 1 unspecified atom stereocenters. The summed E-state index contributed by atoms with van der Waals surface area (Å²) in [5.74, 6) is -0.104. The topological polar surface area (TPSA) is 66.6 Å². The Morgan fingerprint density at radius 2 is 2.20 bits per heavy atom. The number of hydrogen-bond donors (Lipinski definition) is 1. The third-order valence-electron chi connectivity index (χ3n) is 2.72. The molecule has 86 valence electrons. The summed E-state index contributed by atoms with van der Waals surface area (Å²) in [4.78, 5) is 25.9. The van der Waals surface area contributed by atoms with Crippen molar-refractivity contribution in [2.45, 2.75) is 25.8 Å². The van der Waals surface area contributed by atoms with Crippen LogP contribution in [0.1, 0.15) is 19.8 Å². The van der Waals surface area contributed by atoms with E-state index < -0.39 is 0 Å². The van der Waals surface area contributed by atoms with E-state index in [1.54, 1.807) is 11.9 Å². The number of likely N-dealkylation sites (tertiary alicyclic amines) is 1. The molecule has 1 atom stereocenters. The summed E-state index contributed by atoms with van der Waals surface area (Å²) >= 11 is 0. The van der Waals surface area contributed by atoms with Crippen LogP contribution in [-0.2, 0) is 9.59 Å². The minimum Gasteiger partial charge on any atom is -0.340 e. The molecule has 0 aliphatic carbocycles. The van der Waals surface area contributed by atoms with E-state index in [4.69, 9.17) is 5.73 Å². The third kappa shape index (κ3) is 3.51. The van der Waals surface area contributed by atoms with E-state index in [9.17, 15) is 9.59 Å². The predicted molar refractivity (Wildman–Crippen MR) is 57.1 cm³/mol. The van der Waals surface area contributed by atoms with Crippen LogP contribution in [0.4, 0.5) is 0 Å². The number of hydrogen-bond acceptors (Lipinski definition) is 3. The average molecular weight is 213 g/mol. The molecule has 5 nitrogen and oxygen atoms in total. The van der Waals surface area contributed by atoms with Gasteiger partial charge < -0.3 is 15.5 Å². The number of nitrogens with two attached hydrogens (primary N) is 1. The second-order valence-corrected chi connectivity index (χ2v) is 4.12. The Kier molecular flexibility index (Phi) is 4.08. The van der Waals surface area contributed by atoms with Crippen LogP contribution in [0.3, 0.4) is 0 Å². The summed E-state index contributed by atoms with van der Waals surface area (Å²) in [5.41, 5.74) is 5.78. The summed E-state index contributed by atoms with van der Waals surface area (Å²) in [6, 6.07) is 0.0883. The zero-order valence-electron chi connectivity index (χ0n) is 9.40. The molecule has 1 rings (SSSR count). The van der Waals surface area contributed by atoms with Gasteiger partial charge in [0, 0.05) is 33.1 Å². The van der Waals surface area contributed by atoms with Crippen LogP contribution in [0.25, 0.3) is 0 Å². The summed E-state index contributed by atoms with van der Waals surface area (Å²) in [7, 11) is 1.63. The molecule has 0 bridgehead atoms. The first kappa shape index (κ1) is 12.0. The lowest BCUT2D eigenvalue weighted by molar-refractivity contribution is -0.139. The van der Waals surface area contributed by atoms with E-state index in [-0.39, 0.29) is 24.4 Å². The van der Waals surface area contributed by atoms with E-state index in [1.165, 1.54) is 11.8 Å². The van der Waals surface area contributed by atoms with Gasteiger partial charge >= 0.3 is 0 Å². The number of rotatable bonds is 2. The normalized spacial score (nSPS) is 21.3. The van der Waals surface area contributed by atoms with Crippen molar-refractivity contribution in [1.29, 1.82) is 0 Å². The maximum absolute atomic E-state index is 11.7. The van der Waals surface area contributed by atoms with E-state index in [2.05, 4.69) is 0 Å². The molecule has 0 radical (unpaired) electrons. The minimum atomic E-state index is -0.0929. The first-order valence-corrected chi connectivity index (χ1v) is 5.25. The first-order chi connectivity index (χ1) is 7.00. The number of piperidine rings is 1. The van der Waals surface area contributed by atoms with Crippen molar-refractivity contribution >= 4 is 11.8 Å². The molecule has 1 heterocycles. The molecule has 1 fully saturated rings. The van der Waals surface area contributed by atoms with Gasteiger partial charge in [-0.25, -0.2) is 0 Å². The van der Waals surface area contributed by atoms with Crippen LogP contribution in [-0.4, -0.2) is 54.3 Å². The Morgan fingerprint density at radius 1 is 1.53 bits per heavy atom. The highest BCUT2D eigenvalue weighted by Gasteiger charge is 2.22. The molecule has 2 N–H and O–H groups in total. The van der Waals surface area contributed by atoms with Crippen molar-refractivity contribution in [3.63, 3.8) is 0 Å². The maximum atomic E-state index is 11.7. The fourth-order valence-corrected chi connectivity index (χ4v) is 1.65. The molecule has 2 amide bonds. The molecule has 1 saturated heterocycles. The molecule has 0 aromatic heterocycles. The number of carbonyl (C=O) groups is 2. The second kappa shape index (κ2) is 5.11. The van der Waals surface area contributed by atoms with Gasteiger partial charge in [0.1, 0.15) is 0 Å². The lowest BCUT2D eigenvalue weighted by Crippen LogP contribution is -2.49. The number of carbonyl (C=O) groups excluding carboxylic acids is 2. The predicted octanol–water partition coefficient (Wildman–Crippen LogP) is -0.586. The summed E-state index contributed by atoms with van der Waals surface area (Å²) < 4.78 is 0. The van der Waals surface area contributed by atoms with Gasteiger partial charge in [-0.2, -0.15) is 0 Å². The van der Waals surface area contributed by atoms with E-state index >= 15 is 0 Å². The van der Waals surface area contributed by atoms with Crippen LogP contribution in [0, 0.1) is 0 Å². The molecule has 15 heavy (non-hydrogen) atoms. The highest BCUT2D eigenvalue weighted by Crippen LogP contribution is 2.08. The minimum absolute atomic E-state index is 0.0112. The van der Waals surface area contributed by atoms with Crippen LogP contribution < -0.4 is 5.73 Å². The Bertz CT molecular complexity index is 255. The molecular weight excluding hydrogens is 194 g/mol. The molecule has 1 aliphatic rings. The summed E-state index contributed by atoms with van der Waals surface area (Å²) in [6.07, 6.45) is 1.93. The van der Waals surface area contributed by atoms with Gasteiger partial charge in [0.25, 0.3) is 0 Å². The van der Waals surface area contributed by atoms with Gasteiger partial charge in [0.2, 0.25) is 11.8 Å². The van der Waals surface area contributed by atoms with Gasteiger partial charge in [-0.3, -0.25) is 9.59 Å². The van der Waals surface area contributed by atoms with Gasteiger partial charge in [-0.1, -0.05) is 0 Å². The van der Waals surface area contributed by atoms with Gasteiger partial charge in [-0.05, 0) is 12.8 Å². The van der Waals surface area contributed by atoms with Crippen molar-refractivity contribution < 1.29 is 9.59 Å². The molecule has 0 aromatic rings. The Morgan fingerprint density at radius 3 is 2.73 bits per heavy atom. The number of likely N-dealkylation sites (N-methyl/N-ethyl adjacent to an activating group) is 1. The molecule has 5 heteroatoms. The molecule has 0 aromatic carbocycles. The lowest BCUT2D eigenvalue weighted by Gasteiger charge is -2.31. The highest BCUT2D eigenvalue weighted by molar-refractivity contribution is 5.83. The maximum Gasteiger partial charge on any atom is 0.242 e. The zero-order valence-corrected chi connectivity index (χ0v) is 9.40. The van der Waals surface area contributed by atoms with Crippen molar-refractivity contribution in [3.8, 4) is 0 Å². The summed E-state index contributed by atoms with van der Waals surface area (Å²) in [6.45, 7) is 2.99. The van der Waals surface area contributed by atoms with E-state index in [1.807, 2.05) is 0 Å². The second-order valence-electron chi connectivity index (χ2n) is 4.12. The molecule has 0 saturated carbocycles. The van der Waals surface area contributed by atoms with Crippen LogP contribution in [0.5, 0.6) is 0 Å². The largest absolute Gasteiger partial charge is 0.340 e. The van der Waals surface area contributed by atoms with Crippen molar-refractivity contribution in [3.05, 3.63) is 0 Å². The van der Waals surface area contributed by atoms with Crippen molar-refractivity contribution in [2.24, 2.45) is 5.73 Å². The van der Waals surface area contributed by atoms with Crippen molar-refractivity contribution in [2.75, 3.05) is 26.7 Å². The van der Waals surface area contributed by atoms with Gasteiger partial charge in [0.05, 0.1) is 6.54 Å². The monoisotopic (exact) mass is 213 g/mol. The summed E-state index contributed by atoms with van der Waals surface area (Å²) in [5, 5.41) is 0. The fraction of sp³-hybridized carbons (Fsp3) is 0.800. The molecule has 0 spiro atoms. The SMILES string of the molecule is CC(=O)N(C)CC(=O)N1CCCC(N)C1. The lowest BCUT2D eigenvalue weighted by atomic mass is 10.1. The molecule has 1 aliphatic heterocycles. The van der Waals surface area contributed by atoms with Crippen LogP contribution in [0.15, 0.2) is 0 Å². The zero-order chi connectivity index (χ0) is 11.4. The Balaban J connectivity index is 2.42. The smallest absolute Gasteiger partial charge is 0.242 e. The Hall–Kier alpha value is -1.10. The number of nitrogens with zero attached hydrogens (tertiary/aromatic N) is 2. The third-order valence-corrected chi connectivity index (χ3v) is 2.72. The quantitative estimate of drug-likeness (QED) is 0.667. The fourth-order valence-electron chi connectivity index (χ4n) is 1.65. The Labute approximate surface area is 90.2 Å². The highest BCUT2D eigenvalue weighted by atomic mass is 16.2. The van der Waals surface area contributed by atoms with E-state index in [0.717, 1.165) is 19.4 Å². The van der Waals surface area contributed by atoms with Gasteiger partial charge in [0.15, 0.2) is 0 Å². The molecular formula is C10H19N3O2.